The van der Waals surface area contributed by atoms with Gasteiger partial charge in [0.1, 0.15) is 5.82 Å². The Kier molecular flexibility index (Phi) is 6.17. The fourth-order valence-electron chi connectivity index (χ4n) is 5.04. The van der Waals surface area contributed by atoms with Crippen LogP contribution in [-0.2, 0) is 4.79 Å². The molecule has 2 aromatic heterocycles. The molecule has 2 amide bonds. The Morgan fingerprint density at radius 3 is 2.51 bits per heavy atom. The molecule has 1 aliphatic carbocycles. The largest absolute Gasteiger partial charge is 0.345 e. The Labute approximate surface area is 225 Å². The number of carbonyl (C=O) groups excluding carboxylic acids is 2. The zero-order chi connectivity index (χ0) is 27.3. The van der Waals surface area contributed by atoms with Crippen molar-refractivity contribution in [2.24, 2.45) is 5.92 Å². The molecule has 0 saturated heterocycles. The molecule has 2 heterocycles. The lowest BCUT2D eigenvalue weighted by Gasteiger charge is -2.14. The lowest BCUT2D eigenvalue weighted by Crippen LogP contribution is -2.26. The molecule has 39 heavy (non-hydrogen) atoms. The summed E-state index contributed by atoms with van der Waals surface area (Å²) in [6.07, 6.45) is 3.76. The standard InChI is InChI=1S/C31H30FN5O2/c1-17(2)37-16-26(31(39)33-18(3)20-5-4-6-23(32)13-20)25-14-21(10-12-28(25)37)22-9-11-24-27(15-22)35-36-29(24)34-30(38)19-7-8-19/h4-6,9-19H,7-8H2,1-3H3,(H,33,39)(H2,34,35,36,38)/t18-/m0/s1. The van der Waals surface area contributed by atoms with Crippen molar-refractivity contribution in [3.63, 3.8) is 0 Å². The summed E-state index contributed by atoms with van der Waals surface area (Å²) >= 11 is 0. The lowest BCUT2D eigenvalue weighted by atomic mass is 10.0. The highest BCUT2D eigenvalue weighted by Crippen LogP contribution is 2.34. The van der Waals surface area contributed by atoms with Crippen LogP contribution in [0.25, 0.3) is 32.9 Å². The van der Waals surface area contributed by atoms with E-state index in [2.05, 4.69) is 39.2 Å². The van der Waals surface area contributed by atoms with E-state index in [1.807, 2.05) is 49.5 Å². The molecule has 0 bridgehead atoms. The van der Waals surface area contributed by atoms with Gasteiger partial charge in [-0.3, -0.25) is 14.7 Å². The molecular weight excluding hydrogens is 493 g/mol. The molecule has 7 nitrogen and oxygen atoms in total. The van der Waals surface area contributed by atoms with Crippen molar-refractivity contribution in [2.75, 3.05) is 5.32 Å². The normalized spacial score (nSPS) is 14.2. The van der Waals surface area contributed by atoms with E-state index in [9.17, 15) is 14.0 Å². The van der Waals surface area contributed by atoms with Crippen molar-refractivity contribution in [3.8, 4) is 11.1 Å². The Morgan fingerprint density at radius 2 is 1.77 bits per heavy atom. The number of amides is 2. The van der Waals surface area contributed by atoms with Crippen LogP contribution in [0.4, 0.5) is 10.2 Å². The predicted molar refractivity (Wildman–Crippen MR) is 151 cm³/mol. The van der Waals surface area contributed by atoms with Crippen LogP contribution in [0.15, 0.2) is 66.9 Å². The molecule has 6 rings (SSSR count). The number of nitrogens with zero attached hydrogens (tertiary/aromatic N) is 2. The monoisotopic (exact) mass is 523 g/mol. The molecule has 198 valence electrons. The van der Waals surface area contributed by atoms with E-state index in [4.69, 9.17) is 0 Å². The van der Waals surface area contributed by atoms with Gasteiger partial charge in [-0.15, -0.1) is 0 Å². The zero-order valence-corrected chi connectivity index (χ0v) is 22.1. The van der Waals surface area contributed by atoms with Gasteiger partial charge in [-0.1, -0.05) is 24.3 Å². The third-order valence-electron chi connectivity index (χ3n) is 7.42. The predicted octanol–water partition coefficient (Wildman–Crippen LogP) is 6.74. The fourth-order valence-corrected chi connectivity index (χ4v) is 5.04. The molecule has 0 aliphatic heterocycles. The molecule has 0 unspecified atom stereocenters. The summed E-state index contributed by atoms with van der Waals surface area (Å²) in [5, 5.41) is 15.0. The van der Waals surface area contributed by atoms with Gasteiger partial charge < -0.3 is 15.2 Å². The van der Waals surface area contributed by atoms with Crippen LogP contribution in [-0.4, -0.2) is 26.6 Å². The molecule has 3 aromatic carbocycles. The number of carbonyl (C=O) groups is 2. The van der Waals surface area contributed by atoms with Gasteiger partial charge in [0, 0.05) is 34.4 Å². The van der Waals surface area contributed by atoms with Crippen LogP contribution >= 0.6 is 0 Å². The SMILES string of the molecule is CC(C)n1cc(C(=O)N[C@@H](C)c2cccc(F)c2)c2cc(-c3ccc4c(NC(=O)C5CC5)n[nH]c4c3)ccc21. The first-order valence-electron chi connectivity index (χ1n) is 13.3. The van der Waals surface area contributed by atoms with E-state index in [0.717, 1.165) is 45.8 Å². The third-order valence-corrected chi connectivity index (χ3v) is 7.42. The van der Waals surface area contributed by atoms with E-state index >= 15 is 0 Å². The number of benzene rings is 3. The molecule has 3 N–H and O–H groups in total. The van der Waals surface area contributed by atoms with Crippen LogP contribution in [0.2, 0.25) is 0 Å². The summed E-state index contributed by atoms with van der Waals surface area (Å²) in [6.45, 7) is 6.01. The molecule has 0 radical (unpaired) electrons. The quantitative estimate of drug-likeness (QED) is 0.220. The minimum absolute atomic E-state index is 0.0186. The second-order valence-electron chi connectivity index (χ2n) is 10.6. The summed E-state index contributed by atoms with van der Waals surface area (Å²) in [6, 6.07) is 18.1. The Balaban J connectivity index is 1.33. The first-order chi connectivity index (χ1) is 18.8. The van der Waals surface area contributed by atoms with Gasteiger partial charge in [0.2, 0.25) is 5.91 Å². The molecule has 1 saturated carbocycles. The maximum absolute atomic E-state index is 13.7. The minimum atomic E-state index is -0.355. The molecule has 0 spiro atoms. The van der Waals surface area contributed by atoms with Gasteiger partial charge in [-0.2, -0.15) is 5.10 Å². The maximum atomic E-state index is 13.7. The maximum Gasteiger partial charge on any atom is 0.253 e. The molecule has 1 fully saturated rings. The van der Waals surface area contributed by atoms with Gasteiger partial charge in [-0.25, -0.2) is 4.39 Å². The van der Waals surface area contributed by atoms with E-state index in [0.29, 0.717) is 16.9 Å². The Morgan fingerprint density at radius 1 is 1.00 bits per heavy atom. The highest BCUT2D eigenvalue weighted by Gasteiger charge is 2.30. The summed E-state index contributed by atoms with van der Waals surface area (Å²) in [4.78, 5) is 25.7. The Hall–Kier alpha value is -4.46. The summed E-state index contributed by atoms with van der Waals surface area (Å²) in [5.41, 5.74) is 4.97. The number of fused-ring (bicyclic) bond motifs is 2. The number of nitrogens with one attached hydrogen (secondary N) is 3. The average molecular weight is 524 g/mol. The summed E-state index contributed by atoms with van der Waals surface area (Å²) in [5.74, 6) is 0.119. The van der Waals surface area contributed by atoms with E-state index in [1.54, 1.807) is 12.1 Å². The number of H-pyrrole nitrogens is 1. The van der Waals surface area contributed by atoms with Gasteiger partial charge >= 0.3 is 0 Å². The number of aromatic nitrogens is 3. The topological polar surface area (TPSA) is 91.8 Å². The summed E-state index contributed by atoms with van der Waals surface area (Å²) in [7, 11) is 0. The second-order valence-corrected chi connectivity index (χ2v) is 10.6. The number of halogens is 1. The number of hydrogen-bond donors (Lipinski definition) is 3. The smallest absolute Gasteiger partial charge is 0.253 e. The van der Waals surface area contributed by atoms with E-state index in [-0.39, 0.29) is 35.6 Å². The van der Waals surface area contributed by atoms with E-state index < -0.39 is 0 Å². The highest BCUT2D eigenvalue weighted by atomic mass is 19.1. The second kappa shape index (κ2) is 9.69. The number of aromatic amines is 1. The third kappa shape index (κ3) is 4.78. The van der Waals surface area contributed by atoms with Gasteiger partial charge in [0.25, 0.3) is 5.91 Å². The first kappa shape index (κ1) is 24.9. The average Bonchev–Trinajstić information content (AvgIpc) is 3.60. The molecule has 5 aromatic rings. The fraction of sp³-hybridized carbons (Fsp3) is 0.258. The van der Waals surface area contributed by atoms with Gasteiger partial charge in [0.15, 0.2) is 5.82 Å². The number of anilines is 1. The molecule has 8 heteroatoms. The van der Waals surface area contributed by atoms with Crippen molar-refractivity contribution in [1.29, 1.82) is 0 Å². The number of hydrogen-bond acceptors (Lipinski definition) is 3. The Bertz CT molecular complexity index is 1730. The van der Waals surface area contributed by atoms with Crippen molar-refractivity contribution in [2.45, 2.75) is 45.7 Å². The first-order valence-corrected chi connectivity index (χ1v) is 13.3. The highest BCUT2D eigenvalue weighted by molar-refractivity contribution is 6.08. The molecule has 1 aliphatic rings. The van der Waals surface area contributed by atoms with Crippen LogP contribution in [0.3, 0.4) is 0 Å². The molecule has 1 atom stereocenters. The van der Waals surface area contributed by atoms with Crippen molar-refractivity contribution >= 4 is 39.4 Å². The number of rotatable bonds is 7. The zero-order valence-electron chi connectivity index (χ0n) is 22.1. The minimum Gasteiger partial charge on any atom is -0.345 e. The van der Waals surface area contributed by atoms with Crippen LogP contribution in [0, 0.1) is 11.7 Å². The van der Waals surface area contributed by atoms with Crippen LogP contribution < -0.4 is 10.6 Å². The van der Waals surface area contributed by atoms with Gasteiger partial charge in [-0.05, 0) is 86.7 Å². The van der Waals surface area contributed by atoms with Crippen LogP contribution in [0.1, 0.15) is 61.6 Å². The van der Waals surface area contributed by atoms with Crippen LogP contribution in [0.5, 0.6) is 0 Å². The lowest BCUT2D eigenvalue weighted by molar-refractivity contribution is -0.117. The molecular formula is C31H30FN5O2. The summed E-state index contributed by atoms with van der Waals surface area (Å²) < 4.78 is 15.8. The van der Waals surface area contributed by atoms with E-state index in [1.165, 1.54) is 12.1 Å². The van der Waals surface area contributed by atoms with Crippen molar-refractivity contribution in [1.82, 2.24) is 20.1 Å². The van der Waals surface area contributed by atoms with Crippen molar-refractivity contribution < 1.29 is 14.0 Å². The van der Waals surface area contributed by atoms with Crippen molar-refractivity contribution in [3.05, 3.63) is 83.8 Å². The van der Waals surface area contributed by atoms with Gasteiger partial charge in [0.05, 0.1) is 17.1 Å².